The normalized spacial score (nSPS) is 17.5. The van der Waals surface area contributed by atoms with Crippen LogP contribution in [0, 0.1) is 6.92 Å². The van der Waals surface area contributed by atoms with Crippen LogP contribution in [0.2, 0.25) is 0 Å². The first-order valence-corrected chi connectivity index (χ1v) is 8.74. The molecule has 1 N–H and O–H groups in total. The molecule has 0 aliphatic carbocycles. The number of carbonyl (C=O) groups is 1. The molecule has 26 heavy (non-hydrogen) atoms. The second-order valence-corrected chi connectivity index (χ2v) is 6.62. The molecule has 1 aliphatic heterocycles. The summed E-state index contributed by atoms with van der Waals surface area (Å²) in [6.45, 7) is 3.51. The fraction of sp³-hybridized carbons (Fsp3) is 0.389. The Hall–Kier alpha value is -3.03. The van der Waals surface area contributed by atoms with Crippen molar-refractivity contribution in [2.24, 2.45) is 7.05 Å². The smallest absolute Gasteiger partial charge is 0.272 e. The van der Waals surface area contributed by atoms with Crippen molar-refractivity contribution in [2.75, 3.05) is 18.0 Å². The second-order valence-electron chi connectivity index (χ2n) is 6.62. The molecule has 1 unspecified atom stereocenters. The number of nitrogens with one attached hydrogen (secondary N) is 1. The monoisotopic (exact) mass is 351 g/mol. The van der Waals surface area contributed by atoms with Crippen molar-refractivity contribution in [2.45, 2.75) is 25.8 Å². The lowest BCUT2D eigenvalue weighted by Gasteiger charge is -2.34. The van der Waals surface area contributed by atoms with Crippen LogP contribution in [0.1, 0.15) is 29.2 Å². The summed E-state index contributed by atoms with van der Waals surface area (Å²) in [5, 5.41) is 8.26. The zero-order chi connectivity index (χ0) is 18.1. The molecule has 0 radical (unpaired) electrons. The van der Waals surface area contributed by atoms with E-state index in [-0.39, 0.29) is 11.9 Å². The number of piperidine rings is 1. The molecule has 0 bridgehead atoms. The number of aryl methyl sites for hydroxylation is 2. The molecular formula is C18H21N7O. The Labute approximate surface area is 151 Å². The van der Waals surface area contributed by atoms with Gasteiger partial charge in [-0.3, -0.25) is 14.5 Å². The van der Waals surface area contributed by atoms with E-state index in [1.54, 1.807) is 36.4 Å². The first-order valence-electron chi connectivity index (χ1n) is 8.74. The Morgan fingerprint density at radius 2 is 2.19 bits per heavy atom. The van der Waals surface area contributed by atoms with Gasteiger partial charge in [-0.05, 0) is 31.9 Å². The van der Waals surface area contributed by atoms with Crippen LogP contribution in [0.3, 0.4) is 0 Å². The van der Waals surface area contributed by atoms with Gasteiger partial charge >= 0.3 is 0 Å². The van der Waals surface area contributed by atoms with E-state index in [9.17, 15) is 4.79 Å². The highest BCUT2D eigenvalue weighted by Gasteiger charge is 2.25. The predicted octanol–water partition coefficient (Wildman–Crippen LogP) is 1.47. The van der Waals surface area contributed by atoms with E-state index >= 15 is 0 Å². The molecule has 1 fully saturated rings. The molecule has 1 saturated heterocycles. The van der Waals surface area contributed by atoms with Crippen LogP contribution in [-0.2, 0) is 7.05 Å². The van der Waals surface area contributed by atoms with Gasteiger partial charge in [0.15, 0.2) is 0 Å². The number of rotatable bonds is 3. The number of hydrogen-bond donors (Lipinski definition) is 1. The third-order valence-electron chi connectivity index (χ3n) is 4.59. The van der Waals surface area contributed by atoms with Crippen molar-refractivity contribution in [3.05, 3.63) is 42.2 Å². The van der Waals surface area contributed by atoms with Gasteiger partial charge < -0.3 is 10.2 Å². The van der Waals surface area contributed by atoms with Gasteiger partial charge in [0, 0.05) is 44.0 Å². The number of aromatic nitrogens is 5. The van der Waals surface area contributed by atoms with Gasteiger partial charge in [-0.15, -0.1) is 0 Å². The second kappa shape index (κ2) is 6.70. The minimum Gasteiger partial charge on any atom is -0.354 e. The summed E-state index contributed by atoms with van der Waals surface area (Å²) in [4.78, 5) is 27.9. The van der Waals surface area contributed by atoms with Crippen molar-refractivity contribution >= 4 is 22.6 Å². The number of hydrogen-bond acceptors (Lipinski definition) is 6. The average molecular weight is 351 g/mol. The van der Waals surface area contributed by atoms with Gasteiger partial charge in [-0.1, -0.05) is 0 Å². The van der Waals surface area contributed by atoms with Gasteiger partial charge in [0.05, 0.1) is 11.7 Å². The lowest BCUT2D eigenvalue weighted by atomic mass is 10.0. The van der Waals surface area contributed by atoms with Crippen molar-refractivity contribution < 1.29 is 4.79 Å². The lowest BCUT2D eigenvalue weighted by Crippen LogP contribution is -2.48. The highest BCUT2D eigenvalue weighted by Crippen LogP contribution is 2.26. The number of anilines is 1. The van der Waals surface area contributed by atoms with Gasteiger partial charge in [-0.25, -0.2) is 9.97 Å². The number of nitrogens with zero attached hydrogens (tertiary/aromatic N) is 6. The van der Waals surface area contributed by atoms with Gasteiger partial charge in [0.2, 0.25) is 0 Å². The molecular weight excluding hydrogens is 330 g/mol. The van der Waals surface area contributed by atoms with Crippen LogP contribution in [-0.4, -0.2) is 49.8 Å². The summed E-state index contributed by atoms with van der Waals surface area (Å²) in [5.74, 6) is 1.50. The molecule has 1 amide bonds. The molecule has 1 aliphatic rings. The van der Waals surface area contributed by atoms with E-state index < -0.39 is 0 Å². The highest BCUT2D eigenvalue weighted by atomic mass is 16.2. The third kappa shape index (κ3) is 3.22. The van der Waals surface area contributed by atoms with Crippen LogP contribution in [0.4, 0.5) is 5.82 Å². The molecule has 4 rings (SSSR count). The zero-order valence-electron chi connectivity index (χ0n) is 14.9. The summed E-state index contributed by atoms with van der Waals surface area (Å²) in [6, 6.07) is 3.73. The Morgan fingerprint density at radius 3 is 3.00 bits per heavy atom. The molecule has 8 nitrogen and oxygen atoms in total. The van der Waals surface area contributed by atoms with Crippen molar-refractivity contribution in [3.63, 3.8) is 0 Å². The summed E-state index contributed by atoms with van der Waals surface area (Å²) in [6.07, 6.45) is 7.22. The topological polar surface area (TPSA) is 88.8 Å². The predicted molar refractivity (Wildman–Crippen MR) is 98.0 cm³/mol. The molecule has 4 heterocycles. The van der Waals surface area contributed by atoms with Gasteiger partial charge in [0.25, 0.3) is 5.91 Å². The van der Waals surface area contributed by atoms with Crippen LogP contribution in [0.5, 0.6) is 0 Å². The van der Waals surface area contributed by atoms with Crippen LogP contribution in [0.15, 0.2) is 30.7 Å². The SMILES string of the molecule is Cc1nc(N2CCCC(NC(=O)c3ccn(C)n3)C2)c2ccncc2n1. The van der Waals surface area contributed by atoms with Crippen LogP contribution < -0.4 is 10.2 Å². The maximum atomic E-state index is 12.4. The van der Waals surface area contributed by atoms with Crippen molar-refractivity contribution in [1.82, 2.24) is 30.0 Å². The van der Waals surface area contributed by atoms with E-state index in [0.717, 1.165) is 41.9 Å². The molecule has 3 aromatic heterocycles. The number of pyridine rings is 1. The number of fused-ring (bicyclic) bond motifs is 1. The maximum absolute atomic E-state index is 12.4. The van der Waals surface area contributed by atoms with E-state index in [4.69, 9.17) is 0 Å². The lowest BCUT2D eigenvalue weighted by molar-refractivity contribution is 0.0927. The van der Waals surface area contributed by atoms with Crippen LogP contribution >= 0.6 is 0 Å². The minimum absolute atomic E-state index is 0.0606. The van der Waals surface area contributed by atoms with Gasteiger partial charge in [0.1, 0.15) is 17.3 Å². The first-order chi connectivity index (χ1) is 12.6. The van der Waals surface area contributed by atoms with Crippen molar-refractivity contribution in [1.29, 1.82) is 0 Å². The van der Waals surface area contributed by atoms with Crippen LogP contribution in [0.25, 0.3) is 10.9 Å². The first kappa shape index (κ1) is 16.4. The molecule has 8 heteroatoms. The Bertz CT molecular complexity index is 952. The summed E-state index contributed by atoms with van der Waals surface area (Å²) >= 11 is 0. The van der Waals surface area contributed by atoms with E-state index in [1.165, 1.54) is 0 Å². The summed E-state index contributed by atoms with van der Waals surface area (Å²) in [7, 11) is 1.80. The largest absolute Gasteiger partial charge is 0.354 e. The summed E-state index contributed by atoms with van der Waals surface area (Å²) in [5.41, 5.74) is 1.29. The van der Waals surface area contributed by atoms with Gasteiger partial charge in [-0.2, -0.15) is 5.10 Å². The third-order valence-corrected chi connectivity index (χ3v) is 4.59. The molecule has 3 aromatic rings. The fourth-order valence-electron chi connectivity index (χ4n) is 3.40. The van der Waals surface area contributed by atoms with E-state index in [1.807, 2.05) is 13.0 Å². The molecule has 134 valence electrons. The Morgan fingerprint density at radius 1 is 1.31 bits per heavy atom. The molecule has 1 atom stereocenters. The minimum atomic E-state index is -0.134. The average Bonchev–Trinajstić information content (AvgIpc) is 3.08. The van der Waals surface area contributed by atoms with Crippen molar-refractivity contribution in [3.8, 4) is 0 Å². The van der Waals surface area contributed by atoms with E-state index in [2.05, 4.69) is 30.3 Å². The molecule has 0 saturated carbocycles. The molecule has 0 aromatic carbocycles. The number of amides is 1. The Balaban J connectivity index is 1.55. The maximum Gasteiger partial charge on any atom is 0.272 e. The highest BCUT2D eigenvalue weighted by molar-refractivity contribution is 5.92. The quantitative estimate of drug-likeness (QED) is 0.769. The fourth-order valence-corrected chi connectivity index (χ4v) is 3.40. The zero-order valence-corrected chi connectivity index (χ0v) is 14.9. The van der Waals surface area contributed by atoms with E-state index in [0.29, 0.717) is 12.2 Å². The molecule has 0 spiro atoms. The Kier molecular flexibility index (Phi) is 4.24. The standard InChI is InChI=1S/C18H21N7O/c1-12-20-16-10-19-7-5-14(16)17(21-12)25-8-3-4-13(11-25)22-18(26)15-6-9-24(2)23-15/h5-7,9-10,13H,3-4,8,11H2,1-2H3,(H,22,26). The number of carbonyl (C=O) groups excluding carboxylic acids is 1. The summed E-state index contributed by atoms with van der Waals surface area (Å²) < 4.78 is 1.63.